The average Bonchev–Trinajstić information content (AvgIpc) is 3.02. The molecule has 0 spiro atoms. The number of hydrogen-bond donors (Lipinski definition) is 1. The van der Waals surface area contributed by atoms with Crippen LogP contribution in [-0.4, -0.2) is 27.6 Å². The van der Waals surface area contributed by atoms with E-state index in [1.165, 1.54) is 0 Å². The Kier molecular flexibility index (Phi) is 5.50. The number of aryl methyl sites for hydroxylation is 3. The molecule has 0 saturated heterocycles. The molecule has 0 fully saturated rings. The van der Waals surface area contributed by atoms with E-state index in [0.717, 1.165) is 11.1 Å². The molecule has 2 aromatic carbocycles. The van der Waals surface area contributed by atoms with Gasteiger partial charge in [-0.25, -0.2) is 16.8 Å². The van der Waals surface area contributed by atoms with Crippen LogP contribution in [0.1, 0.15) is 22.3 Å². The van der Waals surface area contributed by atoms with E-state index in [2.05, 4.69) is 4.98 Å². The minimum Gasteiger partial charge on any atom is -0.352 e. The fraction of sp³-hybridized carbons (Fsp3) is 0.238. The van der Waals surface area contributed by atoms with Gasteiger partial charge in [0.15, 0.2) is 9.84 Å². The van der Waals surface area contributed by atoms with E-state index < -0.39 is 19.7 Å². The molecule has 1 heterocycles. The summed E-state index contributed by atoms with van der Waals surface area (Å²) in [6.45, 7) is 5.49. The zero-order valence-electron chi connectivity index (χ0n) is 16.1. The predicted octanol–water partition coefficient (Wildman–Crippen LogP) is 3.79. The van der Waals surface area contributed by atoms with Gasteiger partial charge in [-0.15, -0.1) is 0 Å². The molecule has 148 valence electrons. The first kappa shape index (κ1) is 20.4. The SMILES string of the molecule is Cc1ccc(S(=O)(=O)CCc2c[nH]c(S(=O)(=O)c3ccc(C)cc3)c2C)cc1. The summed E-state index contributed by atoms with van der Waals surface area (Å²) in [6, 6.07) is 13.4. The molecule has 28 heavy (non-hydrogen) atoms. The minimum atomic E-state index is -3.68. The van der Waals surface area contributed by atoms with E-state index >= 15 is 0 Å². The second-order valence-corrected chi connectivity index (χ2v) is 11.0. The maximum atomic E-state index is 12.9. The van der Waals surface area contributed by atoms with Crippen molar-refractivity contribution in [2.75, 3.05) is 5.75 Å². The summed E-state index contributed by atoms with van der Waals surface area (Å²) in [5, 5.41) is 0.110. The molecule has 0 bridgehead atoms. The predicted molar refractivity (Wildman–Crippen MR) is 109 cm³/mol. The Morgan fingerprint density at radius 1 is 0.750 bits per heavy atom. The zero-order valence-corrected chi connectivity index (χ0v) is 17.7. The van der Waals surface area contributed by atoms with Crippen LogP contribution in [0.2, 0.25) is 0 Å². The molecule has 0 amide bonds. The maximum absolute atomic E-state index is 12.9. The quantitative estimate of drug-likeness (QED) is 0.661. The molecule has 1 aromatic heterocycles. The third-order valence-electron chi connectivity index (χ3n) is 4.82. The number of aromatic amines is 1. The van der Waals surface area contributed by atoms with Crippen LogP contribution in [0.5, 0.6) is 0 Å². The molecule has 0 saturated carbocycles. The van der Waals surface area contributed by atoms with Gasteiger partial charge in [-0.1, -0.05) is 35.4 Å². The first-order valence-corrected chi connectivity index (χ1v) is 12.0. The van der Waals surface area contributed by atoms with Crippen molar-refractivity contribution < 1.29 is 16.8 Å². The molecule has 3 rings (SSSR count). The van der Waals surface area contributed by atoms with Gasteiger partial charge in [-0.2, -0.15) is 0 Å². The van der Waals surface area contributed by atoms with Crippen molar-refractivity contribution in [1.29, 1.82) is 0 Å². The van der Waals surface area contributed by atoms with Crippen LogP contribution in [0.15, 0.2) is 69.5 Å². The highest BCUT2D eigenvalue weighted by Crippen LogP contribution is 2.26. The van der Waals surface area contributed by atoms with E-state index in [4.69, 9.17) is 0 Å². The van der Waals surface area contributed by atoms with E-state index in [-0.39, 0.29) is 27.0 Å². The van der Waals surface area contributed by atoms with Crippen molar-refractivity contribution in [3.05, 3.63) is 77.0 Å². The second-order valence-electron chi connectivity index (χ2n) is 6.97. The Labute approximate surface area is 166 Å². The molecule has 0 aliphatic rings. The summed E-state index contributed by atoms with van der Waals surface area (Å²) in [6.07, 6.45) is 1.82. The Balaban J connectivity index is 1.83. The van der Waals surface area contributed by atoms with Crippen molar-refractivity contribution >= 4 is 19.7 Å². The second kappa shape index (κ2) is 7.56. The van der Waals surface area contributed by atoms with Gasteiger partial charge in [0.25, 0.3) is 0 Å². The molecule has 3 aromatic rings. The average molecular weight is 418 g/mol. The zero-order chi connectivity index (χ0) is 20.5. The summed E-state index contributed by atoms with van der Waals surface area (Å²) >= 11 is 0. The van der Waals surface area contributed by atoms with Crippen LogP contribution in [0.25, 0.3) is 0 Å². The van der Waals surface area contributed by atoms with E-state index in [1.54, 1.807) is 61.7 Å². The molecule has 7 heteroatoms. The van der Waals surface area contributed by atoms with Crippen molar-refractivity contribution in [3.63, 3.8) is 0 Å². The lowest BCUT2D eigenvalue weighted by Crippen LogP contribution is -2.10. The van der Waals surface area contributed by atoms with Crippen molar-refractivity contribution in [2.24, 2.45) is 0 Å². The fourth-order valence-corrected chi connectivity index (χ4v) is 5.75. The number of nitrogens with one attached hydrogen (secondary N) is 1. The summed E-state index contributed by atoms with van der Waals surface area (Å²) in [5.74, 6) is -0.0846. The van der Waals surface area contributed by atoms with Crippen LogP contribution >= 0.6 is 0 Å². The van der Waals surface area contributed by atoms with E-state index in [1.807, 2.05) is 13.8 Å². The number of aromatic nitrogens is 1. The minimum absolute atomic E-state index is 0.0846. The van der Waals surface area contributed by atoms with E-state index in [0.29, 0.717) is 11.1 Å². The highest BCUT2D eigenvalue weighted by Gasteiger charge is 2.24. The number of sulfone groups is 2. The third-order valence-corrected chi connectivity index (χ3v) is 8.41. The Bertz CT molecular complexity index is 1190. The Morgan fingerprint density at radius 2 is 1.25 bits per heavy atom. The smallest absolute Gasteiger partial charge is 0.222 e. The number of benzene rings is 2. The van der Waals surface area contributed by atoms with Crippen LogP contribution in [0, 0.1) is 20.8 Å². The summed E-state index contributed by atoms with van der Waals surface area (Å²) in [5.41, 5.74) is 3.21. The number of H-pyrrole nitrogens is 1. The Morgan fingerprint density at radius 3 is 1.79 bits per heavy atom. The summed E-state index contributed by atoms with van der Waals surface area (Å²) in [7, 11) is -7.12. The van der Waals surface area contributed by atoms with Crippen LogP contribution < -0.4 is 0 Å². The molecular weight excluding hydrogens is 394 g/mol. The fourth-order valence-electron chi connectivity index (χ4n) is 3.00. The highest BCUT2D eigenvalue weighted by molar-refractivity contribution is 7.91. The third kappa shape index (κ3) is 4.05. The van der Waals surface area contributed by atoms with Crippen LogP contribution in [-0.2, 0) is 26.1 Å². The molecule has 0 aliphatic heterocycles. The Hall–Kier alpha value is -2.38. The van der Waals surface area contributed by atoms with Gasteiger partial charge >= 0.3 is 0 Å². The molecule has 5 nitrogen and oxygen atoms in total. The van der Waals surface area contributed by atoms with Gasteiger partial charge in [0.1, 0.15) is 5.03 Å². The molecule has 0 radical (unpaired) electrons. The summed E-state index contributed by atoms with van der Waals surface area (Å²) in [4.78, 5) is 3.31. The van der Waals surface area contributed by atoms with Gasteiger partial charge in [0.05, 0.1) is 15.5 Å². The van der Waals surface area contributed by atoms with Gasteiger partial charge in [0, 0.05) is 6.20 Å². The van der Waals surface area contributed by atoms with Gasteiger partial charge < -0.3 is 4.98 Å². The van der Waals surface area contributed by atoms with Crippen LogP contribution in [0.3, 0.4) is 0 Å². The highest BCUT2D eigenvalue weighted by atomic mass is 32.2. The monoisotopic (exact) mass is 417 g/mol. The van der Waals surface area contributed by atoms with Crippen molar-refractivity contribution in [2.45, 2.75) is 42.0 Å². The first-order chi connectivity index (χ1) is 13.1. The largest absolute Gasteiger partial charge is 0.352 e. The molecular formula is C21H23NO4S2. The molecule has 0 aliphatic carbocycles. The molecule has 0 atom stereocenters. The van der Waals surface area contributed by atoms with Crippen LogP contribution in [0.4, 0.5) is 0 Å². The van der Waals surface area contributed by atoms with Crippen molar-refractivity contribution in [3.8, 4) is 0 Å². The standard InChI is InChI=1S/C21H23NO4S2/c1-15-4-8-19(9-5-15)27(23,24)13-12-18-14-22-21(17(18)3)28(25,26)20-10-6-16(2)7-11-20/h4-11,14,22H,12-13H2,1-3H3. The first-order valence-electron chi connectivity index (χ1n) is 8.89. The van der Waals surface area contributed by atoms with Gasteiger partial charge in [0.2, 0.25) is 9.84 Å². The van der Waals surface area contributed by atoms with Gasteiger partial charge in [-0.3, -0.25) is 0 Å². The molecule has 1 N–H and O–H groups in total. The lowest BCUT2D eigenvalue weighted by atomic mass is 10.2. The lowest BCUT2D eigenvalue weighted by Gasteiger charge is -2.07. The van der Waals surface area contributed by atoms with E-state index in [9.17, 15) is 16.8 Å². The van der Waals surface area contributed by atoms with Gasteiger partial charge in [-0.05, 0) is 62.6 Å². The summed E-state index contributed by atoms with van der Waals surface area (Å²) < 4.78 is 50.9. The normalized spacial score (nSPS) is 12.2. The molecule has 0 unspecified atom stereocenters. The van der Waals surface area contributed by atoms with Crippen molar-refractivity contribution in [1.82, 2.24) is 4.98 Å². The topological polar surface area (TPSA) is 84.1 Å². The number of rotatable bonds is 6. The lowest BCUT2D eigenvalue weighted by molar-refractivity contribution is 0.592. The maximum Gasteiger partial charge on any atom is 0.222 e. The number of hydrogen-bond acceptors (Lipinski definition) is 4.